The van der Waals surface area contributed by atoms with Crippen molar-refractivity contribution in [3.63, 3.8) is 0 Å². The van der Waals surface area contributed by atoms with E-state index in [9.17, 15) is 4.79 Å². The molecule has 0 aliphatic carbocycles. The number of fused-ring (bicyclic) bond motifs is 1. The molecule has 0 aliphatic heterocycles. The minimum Gasteiger partial charge on any atom is -0.487 e. The summed E-state index contributed by atoms with van der Waals surface area (Å²) in [6, 6.07) is 13.3. The van der Waals surface area contributed by atoms with Gasteiger partial charge in [-0.1, -0.05) is 22.0 Å². The van der Waals surface area contributed by atoms with Crippen LogP contribution in [0.1, 0.15) is 35.9 Å². The Hall–Kier alpha value is -2.34. The highest BCUT2D eigenvalue weighted by molar-refractivity contribution is 9.10. The molecule has 0 radical (unpaired) electrons. The molecule has 0 atom stereocenters. The Balaban J connectivity index is 1.89. The van der Waals surface area contributed by atoms with Gasteiger partial charge in [-0.05, 0) is 50.2 Å². The van der Waals surface area contributed by atoms with Crippen LogP contribution in [0.25, 0.3) is 10.9 Å². The molecule has 130 valence electrons. The van der Waals surface area contributed by atoms with Crippen LogP contribution in [0.5, 0.6) is 5.75 Å². The van der Waals surface area contributed by atoms with Crippen LogP contribution in [0.2, 0.25) is 0 Å². The van der Waals surface area contributed by atoms with Gasteiger partial charge in [-0.15, -0.1) is 0 Å². The smallest absolute Gasteiger partial charge is 0.337 e. The van der Waals surface area contributed by atoms with Gasteiger partial charge in [-0.3, -0.25) is 4.68 Å². The van der Waals surface area contributed by atoms with Crippen LogP contribution in [-0.2, 0) is 11.3 Å². The number of rotatable bonds is 5. The number of benzene rings is 2. The molecule has 0 aliphatic rings. The minimum absolute atomic E-state index is 0.250. The zero-order chi connectivity index (χ0) is 18.0. The summed E-state index contributed by atoms with van der Waals surface area (Å²) in [6.07, 6.45) is 0. The number of halogens is 1. The molecule has 0 N–H and O–H groups in total. The van der Waals surface area contributed by atoms with E-state index in [1.54, 1.807) is 18.2 Å². The molecule has 0 bridgehead atoms. The second-order valence-electron chi connectivity index (χ2n) is 5.95. The summed E-state index contributed by atoms with van der Waals surface area (Å²) in [5.41, 5.74) is 2.38. The van der Waals surface area contributed by atoms with Gasteiger partial charge in [-0.25, -0.2) is 4.79 Å². The summed E-state index contributed by atoms with van der Waals surface area (Å²) >= 11 is 3.51. The average Bonchev–Trinajstić information content (AvgIpc) is 2.97. The van der Waals surface area contributed by atoms with Gasteiger partial charge in [0.2, 0.25) is 0 Å². The Labute approximate surface area is 154 Å². The number of nitrogens with zero attached hydrogens (tertiary/aromatic N) is 2. The molecule has 0 amide bonds. The fourth-order valence-electron chi connectivity index (χ4n) is 2.66. The Morgan fingerprint density at radius 3 is 2.76 bits per heavy atom. The zero-order valence-electron chi connectivity index (χ0n) is 14.3. The number of methoxy groups -OCH3 is 1. The summed E-state index contributed by atoms with van der Waals surface area (Å²) < 4.78 is 13.6. The molecule has 3 rings (SSSR count). The average molecular weight is 403 g/mol. The number of hydrogen-bond donors (Lipinski definition) is 0. The van der Waals surface area contributed by atoms with E-state index in [0.29, 0.717) is 17.9 Å². The van der Waals surface area contributed by atoms with Crippen LogP contribution in [0.4, 0.5) is 0 Å². The molecule has 3 aromatic rings. The maximum Gasteiger partial charge on any atom is 0.337 e. The molecule has 0 fully saturated rings. The predicted molar refractivity (Wildman–Crippen MR) is 99.9 cm³/mol. The lowest BCUT2D eigenvalue weighted by Gasteiger charge is -2.07. The highest BCUT2D eigenvalue weighted by Gasteiger charge is 2.14. The quantitative estimate of drug-likeness (QED) is 0.578. The van der Waals surface area contributed by atoms with E-state index in [0.717, 1.165) is 21.1 Å². The summed E-state index contributed by atoms with van der Waals surface area (Å²) in [7, 11) is 1.36. The lowest BCUT2D eigenvalue weighted by atomic mass is 10.2. The van der Waals surface area contributed by atoms with Gasteiger partial charge < -0.3 is 9.47 Å². The molecule has 0 unspecified atom stereocenters. The van der Waals surface area contributed by atoms with E-state index >= 15 is 0 Å². The Morgan fingerprint density at radius 1 is 1.24 bits per heavy atom. The van der Waals surface area contributed by atoms with Crippen molar-refractivity contribution in [3.05, 3.63) is 58.2 Å². The van der Waals surface area contributed by atoms with Crippen LogP contribution in [0, 0.1) is 0 Å². The maximum atomic E-state index is 11.6. The molecule has 0 saturated heterocycles. The van der Waals surface area contributed by atoms with E-state index in [1.165, 1.54) is 7.11 Å². The van der Waals surface area contributed by atoms with Crippen molar-refractivity contribution in [3.8, 4) is 5.75 Å². The summed E-state index contributed by atoms with van der Waals surface area (Å²) in [5.74, 6) is 0.217. The van der Waals surface area contributed by atoms with Gasteiger partial charge in [0.05, 0.1) is 18.2 Å². The molecule has 2 aromatic carbocycles. The van der Waals surface area contributed by atoms with E-state index in [-0.39, 0.29) is 12.0 Å². The fraction of sp³-hybridized carbons (Fsp3) is 0.263. The third-order valence-corrected chi connectivity index (χ3v) is 4.36. The van der Waals surface area contributed by atoms with Crippen LogP contribution >= 0.6 is 15.9 Å². The molecular weight excluding hydrogens is 384 g/mol. The molecule has 1 aromatic heterocycles. The maximum absolute atomic E-state index is 11.6. The van der Waals surface area contributed by atoms with Crippen molar-refractivity contribution < 1.29 is 14.3 Å². The first-order chi connectivity index (χ1) is 12.0. The first kappa shape index (κ1) is 17.5. The third-order valence-electron chi connectivity index (χ3n) is 3.86. The zero-order valence-corrected chi connectivity index (χ0v) is 15.9. The van der Waals surface area contributed by atoms with E-state index in [1.807, 2.05) is 28.9 Å². The number of aromatic nitrogens is 2. The molecule has 5 nitrogen and oxygen atoms in total. The van der Waals surface area contributed by atoms with Crippen LogP contribution in [-0.4, -0.2) is 22.9 Å². The molecule has 0 saturated carbocycles. The Kier molecular flexibility index (Phi) is 5.08. The summed E-state index contributed by atoms with van der Waals surface area (Å²) in [6.45, 7) is 4.51. The van der Waals surface area contributed by atoms with Crippen molar-refractivity contribution in [2.45, 2.75) is 26.5 Å². The number of carbonyl (C=O) groups excluding carboxylic acids is 1. The van der Waals surface area contributed by atoms with E-state index in [4.69, 9.17) is 14.6 Å². The number of carbonyl (C=O) groups is 1. The van der Waals surface area contributed by atoms with Crippen LogP contribution < -0.4 is 4.74 Å². The summed E-state index contributed by atoms with van der Waals surface area (Å²) in [5, 5.41) is 5.75. The topological polar surface area (TPSA) is 53.4 Å². The second kappa shape index (κ2) is 7.27. The number of hydrogen-bond acceptors (Lipinski definition) is 4. The molecule has 25 heavy (non-hydrogen) atoms. The highest BCUT2D eigenvalue weighted by atomic mass is 79.9. The van der Waals surface area contributed by atoms with Crippen LogP contribution in [0.15, 0.2) is 46.9 Å². The van der Waals surface area contributed by atoms with Crippen molar-refractivity contribution in [2.24, 2.45) is 0 Å². The van der Waals surface area contributed by atoms with E-state index in [2.05, 4.69) is 29.8 Å². The number of esters is 1. The fourth-order valence-corrected chi connectivity index (χ4v) is 3.02. The molecule has 0 spiro atoms. The van der Waals surface area contributed by atoms with Gasteiger partial charge in [0, 0.05) is 15.9 Å². The van der Waals surface area contributed by atoms with Crippen molar-refractivity contribution in [2.75, 3.05) is 7.11 Å². The number of ether oxygens (including phenoxy) is 2. The lowest BCUT2D eigenvalue weighted by molar-refractivity contribution is 0.0600. The predicted octanol–water partition coefficient (Wildman–Crippen LogP) is 4.75. The SMILES string of the molecule is COC(=O)c1cccc(OCc2nn(C(C)C)c3ccc(Br)cc23)c1. The Bertz CT molecular complexity index is 918. The van der Waals surface area contributed by atoms with Crippen molar-refractivity contribution >= 4 is 32.8 Å². The Morgan fingerprint density at radius 2 is 2.04 bits per heavy atom. The normalized spacial score (nSPS) is 11.1. The largest absolute Gasteiger partial charge is 0.487 e. The van der Waals surface area contributed by atoms with Gasteiger partial charge in [0.15, 0.2) is 0 Å². The van der Waals surface area contributed by atoms with Gasteiger partial charge in [0.1, 0.15) is 18.1 Å². The van der Waals surface area contributed by atoms with Crippen LogP contribution in [0.3, 0.4) is 0 Å². The van der Waals surface area contributed by atoms with E-state index < -0.39 is 0 Å². The van der Waals surface area contributed by atoms with Gasteiger partial charge in [0.25, 0.3) is 0 Å². The minimum atomic E-state index is -0.385. The second-order valence-corrected chi connectivity index (χ2v) is 6.87. The first-order valence-corrected chi connectivity index (χ1v) is 8.76. The standard InChI is InChI=1S/C19H19BrN2O3/c1-12(2)22-18-8-7-14(20)10-16(18)17(21-22)11-25-15-6-4-5-13(9-15)19(23)24-3/h4-10,12H,11H2,1-3H3. The van der Waals surface area contributed by atoms with Gasteiger partial charge in [-0.2, -0.15) is 5.10 Å². The summed E-state index contributed by atoms with van der Waals surface area (Å²) in [4.78, 5) is 11.6. The molecule has 6 heteroatoms. The monoisotopic (exact) mass is 402 g/mol. The molecular formula is C19H19BrN2O3. The van der Waals surface area contributed by atoms with Gasteiger partial charge >= 0.3 is 5.97 Å². The highest BCUT2D eigenvalue weighted by Crippen LogP contribution is 2.26. The third kappa shape index (κ3) is 3.69. The first-order valence-electron chi connectivity index (χ1n) is 7.97. The molecule has 1 heterocycles. The lowest BCUT2D eigenvalue weighted by Crippen LogP contribution is -2.05. The van der Waals surface area contributed by atoms with Crippen molar-refractivity contribution in [1.82, 2.24) is 9.78 Å². The van der Waals surface area contributed by atoms with Crippen molar-refractivity contribution in [1.29, 1.82) is 0 Å².